The second-order valence-corrected chi connectivity index (χ2v) is 14.6. The van der Waals surface area contributed by atoms with E-state index in [2.05, 4.69) is 5.32 Å². The normalized spacial score (nSPS) is 13.9. The number of anilines is 1. The van der Waals surface area contributed by atoms with Crippen LogP contribution in [0, 0.1) is 5.82 Å². The van der Waals surface area contributed by atoms with E-state index in [9.17, 15) is 18.0 Å². The Morgan fingerprint density at radius 1 is 0.918 bits per heavy atom. The molecule has 1 atom stereocenters. The van der Waals surface area contributed by atoms with Gasteiger partial charge in [-0.25, -0.2) is 12.8 Å². The van der Waals surface area contributed by atoms with Gasteiger partial charge in [0.15, 0.2) is 0 Å². The molecule has 1 aliphatic carbocycles. The van der Waals surface area contributed by atoms with Crippen LogP contribution < -0.4 is 14.4 Å². The average Bonchev–Trinajstić information content (AvgIpc) is 3.63. The summed E-state index contributed by atoms with van der Waals surface area (Å²) in [7, 11) is -4.33. The van der Waals surface area contributed by atoms with Crippen molar-refractivity contribution < 1.29 is 27.1 Å². The number of nitrogens with one attached hydrogen (secondary N) is 1. The number of thioether (sulfide) groups is 1. The second kappa shape index (κ2) is 16.8. The molecule has 258 valence electrons. The molecule has 1 saturated carbocycles. The molecule has 4 aromatic carbocycles. The lowest BCUT2D eigenvalue weighted by atomic mass is 10.0. The average molecular weight is 704 g/mol. The third kappa shape index (κ3) is 9.01. The molecule has 4 aromatic rings. The van der Waals surface area contributed by atoms with Crippen LogP contribution in [-0.4, -0.2) is 56.6 Å². The largest absolute Gasteiger partial charge is 0.492 e. The first-order valence-electron chi connectivity index (χ1n) is 16.5. The number of ether oxygens (including phenoxy) is 1. The number of benzene rings is 4. The molecule has 5 rings (SSSR count). The first-order chi connectivity index (χ1) is 23.7. The maximum absolute atomic E-state index is 15.2. The van der Waals surface area contributed by atoms with E-state index >= 15 is 4.39 Å². The Labute approximate surface area is 292 Å². The summed E-state index contributed by atoms with van der Waals surface area (Å²) in [6.07, 6.45) is 5.71. The van der Waals surface area contributed by atoms with Gasteiger partial charge in [0.2, 0.25) is 11.8 Å². The number of carbonyl (C=O) groups excluding carboxylic acids is 2. The minimum Gasteiger partial charge on any atom is -0.492 e. The summed E-state index contributed by atoms with van der Waals surface area (Å²) in [5, 5.41) is 3.13. The van der Waals surface area contributed by atoms with Crippen molar-refractivity contribution in [3.63, 3.8) is 0 Å². The van der Waals surface area contributed by atoms with Gasteiger partial charge in [-0.2, -0.15) is 0 Å². The quantitative estimate of drug-likeness (QED) is 0.136. The maximum atomic E-state index is 15.2. The van der Waals surface area contributed by atoms with Crippen LogP contribution >= 0.6 is 11.8 Å². The van der Waals surface area contributed by atoms with Crippen molar-refractivity contribution in [2.45, 2.75) is 67.4 Å². The molecule has 2 amide bonds. The molecular weight excluding hydrogens is 662 g/mol. The molecule has 1 fully saturated rings. The Kier molecular flexibility index (Phi) is 12.4. The first-order valence-corrected chi connectivity index (χ1v) is 19.1. The number of halogens is 1. The van der Waals surface area contributed by atoms with Crippen molar-refractivity contribution in [3.8, 4) is 5.75 Å². The Bertz CT molecular complexity index is 1820. The molecule has 0 unspecified atom stereocenters. The number of amides is 2. The second-order valence-electron chi connectivity index (χ2n) is 11.9. The SMILES string of the molecule is CCOc1ccccc1N(CC(=O)N(Cc1ccccc1F)[C@H](Cc1ccccc1)C(=O)NC1CCCC1)S(=O)(=O)c1ccc(SC)cc1. The van der Waals surface area contributed by atoms with Gasteiger partial charge in [0.05, 0.1) is 17.2 Å². The Morgan fingerprint density at radius 3 is 2.24 bits per heavy atom. The number of para-hydroxylation sites is 2. The molecule has 0 heterocycles. The first kappa shape index (κ1) is 35.9. The number of rotatable bonds is 15. The van der Waals surface area contributed by atoms with Gasteiger partial charge in [0.1, 0.15) is 24.2 Å². The lowest BCUT2D eigenvalue weighted by Gasteiger charge is -2.34. The standard InChI is InChI=1S/C38H42FN3O5S2/c1-3-47-36-20-12-11-19-34(36)42(49(45,46)32-23-21-31(48-2)22-24-32)27-37(43)41(26-29-15-7-10-18-33(29)39)35(25-28-13-5-4-6-14-28)38(44)40-30-16-8-9-17-30/h4-7,10-15,18-24,30,35H,3,8-9,16-17,25-27H2,1-2H3,(H,40,44)/t35-/m1/s1. The fourth-order valence-corrected chi connectivity index (χ4v) is 7.89. The molecule has 0 saturated heterocycles. The summed E-state index contributed by atoms with van der Waals surface area (Å²) in [6.45, 7) is 1.15. The maximum Gasteiger partial charge on any atom is 0.264 e. The van der Waals surface area contributed by atoms with E-state index in [0.29, 0.717) is 0 Å². The van der Waals surface area contributed by atoms with Gasteiger partial charge in [0.25, 0.3) is 10.0 Å². The molecule has 1 N–H and O–H groups in total. The smallest absolute Gasteiger partial charge is 0.264 e. The summed E-state index contributed by atoms with van der Waals surface area (Å²) in [6, 6.07) is 27.4. The van der Waals surface area contributed by atoms with Crippen molar-refractivity contribution in [3.05, 3.63) is 120 Å². The van der Waals surface area contributed by atoms with Crippen LogP contribution in [-0.2, 0) is 32.6 Å². The zero-order chi connectivity index (χ0) is 34.8. The van der Waals surface area contributed by atoms with E-state index in [0.717, 1.165) is 40.4 Å². The summed E-state index contributed by atoms with van der Waals surface area (Å²) in [4.78, 5) is 31.1. The van der Waals surface area contributed by atoms with Crippen LogP contribution in [0.1, 0.15) is 43.7 Å². The highest BCUT2D eigenvalue weighted by Gasteiger charge is 2.36. The highest BCUT2D eigenvalue weighted by molar-refractivity contribution is 7.98. The van der Waals surface area contributed by atoms with Gasteiger partial charge in [-0.05, 0) is 74.0 Å². The highest BCUT2D eigenvalue weighted by Crippen LogP contribution is 2.33. The van der Waals surface area contributed by atoms with Crippen molar-refractivity contribution >= 4 is 39.3 Å². The van der Waals surface area contributed by atoms with Crippen LogP contribution in [0.25, 0.3) is 0 Å². The van der Waals surface area contributed by atoms with Crippen molar-refractivity contribution in [1.82, 2.24) is 10.2 Å². The van der Waals surface area contributed by atoms with Crippen LogP contribution in [0.3, 0.4) is 0 Å². The van der Waals surface area contributed by atoms with Gasteiger partial charge in [-0.1, -0.05) is 73.5 Å². The van der Waals surface area contributed by atoms with E-state index in [4.69, 9.17) is 4.74 Å². The molecule has 11 heteroatoms. The molecule has 0 spiro atoms. The van der Waals surface area contributed by atoms with Crippen LogP contribution in [0.5, 0.6) is 5.75 Å². The predicted octanol–water partition coefficient (Wildman–Crippen LogP) is 6.84. The molecule has 0 aliphatic heterocycles. The summed E-state index contributed by atoms with van der Waals surface area (Å²) >= 11 is 1.48. The third-order valence-corrected chi connectivity index (χ3v) is 11.1. The number of nitrogens with zero attached hydrogens (tertiary/aromatic N) is 2. The zero-order valence-electron chi connectivity index (χ0n) is 27.8. The van der Waals surface area contributed by atoms with E-state index < -0.39 is 34.3 Å². The minimum absolute atomic E-state index is 0.00938. The Balaban J connectivity index is 1.60. The molecule has 0 radical (unpaired) electrons. The van der Waals surface area contributed by atoms with Gasteiger partial charge in [-0.15, -0.1) is 11.8 Å². The lowest BCUT2D eigenvalue weighted by Crippen LogP contribution is -2.54. The van der Waals surface area contributed by atoms with Gasteiger partial charge in [0, 0.05) is 29.5 Å². The van der Waals surface area contributed by atoms with Crippen molar-refractivity contribution in [2.24, 2.45) is 0 Å². The monoisotopic (exact) mass is 703 g/mol. The molecular formula is C38H42FN3O5S2. The fraction of sp³-hybridized carbons (Fsp3) is 0.316. The summed E-state index contributed by atoms with van der Waals surface area (Å²) in [5.41, 5.74) is 1.19. The number of carbonyl (C=O) groups is 2. The van der Waals surface area contributed by atoms with E-state index in [-0.39, 0.29) is 53.4 Å². The zero-order valence-corrected chi connectivity index (χ0v) is 29.4. The number of hydrogen-bond donors (Lipinski definition) is 1. The van der Waals surface area contributed by atoms with E-state index in [1.807, 2.05) is 36.6 Å². The van der Waals surface area contributed by atoms with E-state index in [1.165, 1.54) is 34.9 Å². The van der Waals surface area contributed by atoms with Gasteiger partial charge in [-0.3, -0.25) is 13.9 Å². The molecule has 49 heavy (non-hydrogen) atoms. The highest BCUT2D eigenvalue weighted by atomic mass is 32.2. The Morgan fingerprint density at radius 2 is 1.57 bits per heavy atom. The van der Waals surface area contributed by atoms with Gasteiger partial charge >= 0.3 is 0 Å². The molecule has 8 nitrogen and oxygen atoms in total. The van der Waals surface area contributed by atoms with E-state index in [1.54, 1.807) is 61.5 Å². The van der Waals surface area contributed by atoms with Crippen molar-refractivity contribution in [2.75, 3.05) is 23.7 Å². The molecule has 1 aliphatic rings. The number of hydrogen-bond acceptors (Lipinski definition) is 6. The number of sulfonamides is 1. The van der Waals surface area contributed by atoms with Crippen LogP contribution in [0.4, 0.5) is 10.1 Å². The fourth-order valence-electron chi connectivity index (χ4n) is 6.06. The molecule has 0 bridgehead atoms. The van der Waals surface area contributed by atoms with Crippen molar-refractivity contribution in [1.29, 1.82) is 0 Å². The molecule has 0 aromatic heterocycles. The van der Waals surface area contributed by atoms with Crippen LogP contribution in [0.15, 0.2) is 113 Å². The topological polar surface area (TPSA) is 96.0 Å². The predicted molar refractivity (Wildman–Crippen MR) is 192 cm³/mol. The Hall–Kier alpha value is -4.35. The van der Waals surface area contributed by atoms with Crippen LogP contribution in [0.2, 0.25) is 0 Å². The minimum atomic E-state index is -4.33. The summed E-state index contributed by atoms with van der Waals surface area (Å²) in [5.74, 6) is -1.28. The summed E-state index contributed by atoms with van der Waals surface area (Å²) < 4.78 is 50.9. The van der Waals surface area contributed by atoms with Gasteiger partial charge < -0.3 is 15.0 Å². The lowest BCUT2D eigenvalue weighted by molar-refractivity contribution is -0.140. The third-order valence-electron chi connectivity index (χ3n) is 8.63.